The number of benzene rings is 1. The first-order chi connectivity index (χ1) is 9.53. The zero-order valence-electron chi connectivity index (χ0n) is 11.0. The van der Waals surface area contributed by atoms with Crippen molar-refractivity contribution >= 4 is 15.7 Å². The first-order valence-electron chi connectivity index (χ1n) is 5.98. The molecule has 1 aromatic carbocycles. The van der Waals surface area contributed by atoms with E-state index in [0.717, 1.165) is 5.76 Å². The van der Waals surface area contributed by atoms with Crippen LogP contribution in [0.2, 0.25) is 0 Å². The van der Waals surface area contributed by atoms with Crippen molar-refractivity contribution in [2.75, 3.05) is 19.4 Å². The molecule has 0 bridgehead atoms. The summed E-state index contributed by atoms with van der Waals surface area (Å²) >= 11 is 0. The maximum Gasteiger partial charge on any atom is 0.240 e. The molecule has 1 aromatic heterocycles. The number of hydrogen-bond donors (Lipinski definition) is 2. The van der Waals surface area contributed by atoms with Gasteiger partial charge in [0, 0.05) is 13.0 Å². The third kappa shape index (κ3) is 3.31. The third-order valence-corrected chi connectivity index (χ3v) is 4.21. The third-order valence-electron chi connectivity index (χ3n) is 2.76. The molecule has 0 aliphatic rings. The van der Waals surface area contributed by atoms with Crippen molar-refractivity contribution in [2.45, 2.75) is 11.3 Å². The highest BCUT2D eigenvalue weighted by Crippen LogP contribution is 2.24. The van der Waals surface area contributed by atoms with Gasteiger partial charge in [0.1, 0.15) is 11.5 Å². The fourth-order valence-electron chi connectivity index (χ4n) is 1.73. The first-order valence-corrected chi connectivity index (χ1v) is 7.47. The van der Waals surface area contributed by atoms with Gasteiger partial charge in [0.2, 0.25) is 10.0 Å². The summed E-state index contributed by atoms with van der Waals surface area (Å²) in [5.74, 6) is 1.17. The average Bonchev–Trinajstić information content (AvgIpc) is 2.91. The maximum absolute atomic E-state index is 12.1. The lowest BCUT2D eigenvalue weighted by Crippen LogP contribution is -2.26. The molecule has 1 heterocycles. The zero-order valence-corrected chi connectivity index (χ0v) is 11.8. The van der Waals surface area contributed by atoms with Crippen LogP contribution in [0.3, 0.4) is 0 Å². The smallest absolute Gasteiger partial charge is 0.240 e. The lowest BCUT2D eigenvalue weighted by atomic mass is 10.3. The summed E-state index contributed by atoms with van der Waals surface area (Å²) in [7, 11) is -2.11. The quantitative estimate of drug-likeness (QED) is 0.786. The Hall–Kier alpha value is -1.99. The number of nitrogens with two attached hydrogens (primary N) is 1. The highest BCUT2D eigenvalue weighted by atomic mass is 32.2. The summed E-state index contributed by atoms with van der Waals surface area (Å²) in [6.45, 7) is 0.252. The van der Waals surface area contributed by atoms with Gasteiger partial charge in [-0.05, 0) is 30.3 Å². The SMILES string of the molecule is COc1ccc(S(=O)(=O)NCCc2ccco2)cc1N. The van der Waals surface area contributed by atoms with Crippen LogP contribution in [0.1, 0.15) is 5.76 Å². The zero-order chi connectivity index (χ0) is 14.6. The molecular weight excluding hydrogens is 280 g/mol. The molecule has 2 aromatic rings. The van der Waals surface area contributed by atoms with Crippen molar-refractivity contribution in [3.05, 3.63) is 42.4 Å². The summed E-state index contributed by atoms with van der Waals surface area (Å²) < 4.78 is 36.8. The molecule has 20 heavy (non-hydrogen) atoms. The summed E-state index contributed by atoms with van der Waals surface area (Å²) in [6, 6.07) is 7.89. The summed E-state index contributed by atoms with van der Waals surface area (Å²) in [4.78, 5) is 0.107. The van der Waals surface area contributed by atoms with E-state index in [2.05, 4.69) is 4.72 Å². The number of nitrogen functional groups attached to an aromatic ring is 1. The van der Waals surface area contributed by atoms with Gasteiger partial charge in [0.15, 0.2) is 0 Å². The predicted octanol–water partition coefficient (Wildman–Crippen LogP) is 1.39. The largest absolute Gasteiger partial charge is 0.495 e. The van der Waals surface area contributed by atoms with E-state index in [4.69, 9.17) is 14.9 Å². The number of methoxy groups -OCH3 is 1. The summed E-state index contributed by atoms with van der Waals surface area (Å²) in [5, 5.41) is 0. The second-order valence-electron chi connectivity index (χ2n) is 4.13. The van der Waals surface area contributed by atoms with Gasteiger partial charge in [0.05, 0.1) is 24.0 Å². The van der Waals surface area contributed by atoms with Gasteiger partial charge in [-0.1, -0.05) is 0 Å². The molecule has 2 rings (SSSR count). The van der Waals surface area contributed by atoms with E-state index in [0.29, 0.717) is 12.2 Å². The van der Waals surface area contributed by atoms with Crippen molar-refractivity contribution in [1.29, 1.82) is 0 Å². The molecule has 0 atom stereocenters. The van der Waals surface area contributed by atoms with E-state index in [1.165, 1.54) is 25.3 Å². The molecule has 0 fully saturated rings. The maximum atomic E-state index is 12.1. The van der Waals surface area contributed by atoms with Gasteiger partial charge in [0.25, 0.3) is 0 Å². The number of hydrogen-bond acceptors (Lipinski definition) is 5. The van der Waals surface area contributed by atoms with Gasteiger partial charge in [-0.3, -0.25) is 0 Å². The molecule has 0 aliphatic carbocycles. The van der Waals surface area contributed by atoms with Gasteiger partial charge in [-0.25, -0.2) is 13.1 Å². The Balaban J connectivity index is 2.04. The standard InChI is InChI=1S/C13H16N2O4S/c1-18-13-5-4-11(9-12(13)14)20(16,17)15-7-6-10-3-2-8-19-10/h2-5,8-9,15H,6-7,14H2,1H3. The van der Waals surface area contributed by atoms with Gasteiger partial charge >= 0.3 is 0 Å². The number of furan rings is 1. The van der Waals surface area contributed by atoms with E-state index >= 15 is 0 Å². The number of rotatable bonds is 6. The van der Waals surface area contributed by atoms with Crippen LogP contribution in [0, 0.1) is 0 Å². The topological polar surface area (TPSA) is 94.6 Å². The summed E-state index contributed by atoms with van der Waals surface area (Å²) in [6.07, 6.45) is 2.03. The van der Waals surface area contributed by atoms with Crippen LogP contribution < -0.4 is 15.2 Å². The minimum atomic E-state index is -3.59. The monoisotopic (exact) mass is 296 g/mol. The molecule has 0 saturated carbocycles. The normalized spacial score (nSPS) is 11.4. The molecule has 0 amide bonds. The lowest BCUT2D eigenvalue weighted by molar-refractivity contribution is 0.416. The van der Waals surface area contributed by atoms with Crippen molar-refractivity contribution in [1.82, 2.24) is 4.72 Å². The number of anilines is 1. The molecule has 3 N–H and O–H groups in total. The molecule has 0 radical (unpaired) electrons. The Morgan fingerprint density at radius 1 is 1.35 bits per heavy atom. The van der Waals surface area contributed by atoms with Crippen LogP contribution in [0.5, 0.6) is 5.75 Å². The number of nitrogens with one attached hydrogen (secondary N) is 1. The molecule has 7 heteroatoms. The Morgan fingerprint density at radius 2 is 2.15 bits per heavy atom. The highest BCUT2D eigenvalue weighted by Gasteiger charge is 2.15. The molecule has 0 saturated heterocycles. The molecule has 0 unspecified atom stereocenters. The van der Waals surface area contributed by atoms with E-state index in [-0.39, 0.29) is 17.1 Å². The number of sulfonamides is 1. The minimum Gasteiger partial charge on any atom is -0.495 e. The molecular formula is C13H16N2O4S. The van der Waals surface area contributed by atoms with Crippen LogP contribution in [-0.4, -0.2) is 22.1 Å². The van der Waals surface area contributed by atoms with Crippen molar-refractivity contribution < 1.29 is 17.6 Å². The average molecular weight is 296 g/mol. The minimum absolute atomic E-state index is 0.107. The van der Waals surface area contributed by atoms with E-state index in [9.17, 15) is 8.42 Å². The molecule has 108 valence electrons. The van der Waals surface area contributed by atoms with Crippen LogP contribution in [0.4, 0.5) is 5.69 Å². The second-order valence-corrected chi connectivity index (χ2v) is 5.90. The van der Waals surface area contributed by atoms with Crippen molar-refractivity contribution in [3.63, 3.8) is 0 Å². The van der Waals surface area contributed by atoms with E-state index in [1.54, 1.807) is 18.4 Å². The Bertz CT molecular complexity index is 666. The predicted molar refractivity (Wildman–Crippen MR) is 75.0 cm³/mol. The fraction of sp³-hybridized carbons (Fsp3) is 0.231. The lowest BCUT2D eigenvalue weighted by Gasteiger charge is -2.09. The Kier molecular flexibility index (Phi) is 4.31. The molecule has 0 spiro atoms. The second kappa shape index (κ2) is 5.98. The Morgan fingerprint density at radius 3 is 2.75 bits per heavy atom. The van der Waals surface area contributed by atoms with Gasteiger partial charge in [-0.15, -0.1) is 0 Å². The van der Waals surface area contributed by atoms with Crippen LogP contribution in [0.15, 0.2) is 45.9 Å². The van der Waals surface area contributed by atoms with E-state index in [1.807, 2.05) is 0 Å². The number of ether oxygens (including phenoxy) is 1. The van der Waals surface area contributed by atoms with Crippen LogP contribution in [0.25, 0.3) is 0 Å². The Labute approximate surface area is 117 Å². The molecule has 6 nitrogen and oxygen atoms in total. The fourth-order valence-corrected chi connectivity index (χ4v) is 2.79. The van der Waals surface area contributed by atoms with Gasteiger partial charge < -0.3 is 14.9 Å². The molecule has 0 aliphatic heterocycles. The first kappa shape index (κ1) is 14.4. The van der Waals surface area contributed by atoms with Crippen molar-refractivity contribution in [2.24, 2.45) is 0 Å². The highest BCUT2D eigenvalue weighted by molar-refractivity contribution is 7.89. The van der Waals surface area contributed by atoms with Crippen LogP contribution in [-0.2, 0) is 16.4 Å². The van der Waals surface area contributed by atoms with Gasteiger partial charge in [-0.2, -0.15) is 0 Å². The van der Waals surface area contributed by atoms with Crippen LogP contribution >= 0.6 is 0 Å². The van der Waals surface area contributed by atoms with E-state index < -0.39 is 10.0 Å². The summed E-state index contributed by atoms with van der Waals surface area (Å²) in [5.41, 5.74) is 5.98. The van der Waals surface area contributed by atoms with Crippen molar-refractivity contribution in [3.8, 4) is 5.75 Å².